The number of rotatable bonds is 4. The topological polar surface area (TPSA) is 61.3 Å². The van der Waals surface area contributed by atoms with Crippen molar-refractivity contribution in [2.75, 3.05) is 13.7 Å². The molecular formula is C9H11FN2O3. The molecule has 0 aliphatic carbocycles. The zero-order valence-electron chi connectivity index (χ0n) is 8.44. The molecule has 0 saturated carbocycles. The Morgan fingerprint density at radius 3 is 2.80 bits per heavy atom. The molecule has 0 amide bonds. The number of aromatic nitrogens is 2. The summed E-state index contributed by atoms with van der Waals surface area (Å²) in [7, 11) is 1.32. The van der Waals surface area contributed by atoms with Crippen molar-refractivity contribution in [2.24, 2.45) is 0 Å². The van der Waals surface area contributed by atoms with E-state index in [4.69, 9.17) is 4.74 Å². The maximum Gasteiger partial charge on any atom is 0.347 e. The second-order valence-corrected chi connectivity index (χ2v) is 2.57. The molecule has 82 valence electrons. The van der Waals surface area contributed by atoms with Crippen molar-refractivity contribution in [3.8, 4) is 5.88 Å². The number of esters is 1. The fourth-order valence-electron chi connectivity index (χ4n) is 0.994. The molecule has 6 heteroatoms. The van der Waals surface area contributed by atoms with Gasteiger partial charge < -0.3 is 9.47 Å². The highest BCUT2D eigenvalue weighted by Crippen LogP contribution is 2.23. The number of alkyl halides is 1. The molecule has 0 bridgehead atoms. The highest BCUT2D eigenvalue weighted by atomic mass is 19.1. The molecule has 0 fully saturated rings. The fourth-order valence-corrected chi connectivity index (χ4v) is 0.994. The summed E-state index contributed by atoms with van der Waals surface area (Å²) in [6.07, 6.45) is 0.665. The van der Waals surface area contributed by atoms with Gasteiger partial charge in [-0.2, -0.15) is 0 Å². The van der Waals surface area contributed by atoms with Crippen molar-refractivity contribution in [3.63, 3.8) is 0 Å². The standard InChI is InChI=1S/C9H11FN2O3/c1-3-15-9(13)6(10)7-8(14-2)12-5-4-11-7/h4-6H,3H2,1-2H3. The number of halogens is 1. The van der Waals surface area contributed by atoms with Crippen LogP contribution in [-0.4, -0.2) is 29.7 Å². The predicted molar refractivity (Wildman–Crippen MR) is 49.1 cm³/mol. The maximum atomic E-state index is 13.5. The molecule has 0 radical (unpaired) electrons. The van der Waals surface area contributed by atoms with Gasteiger partial charge >= 0.3 is 5.97 Å². The van der Waals surface area contributed by atoms with Gasteiger partial charge in [-0.25, -0.2) is 14.2 Å². The van der Waals surface area contributed by atoms with E-state index in [1.165, 1.54) is 19.5 Å². The quantitative estimate of drug-likeness (QED) is 0.701. The van der Waals surface area contributed by atoms with E-state index < -0.39 is 12.1 Å². The zero-order chi connectivity index (χ0) is 11.3. The van der Waals surface area contributed by atoms with Gasteiger partial charge in [-0.15, -0.1) is 0 Å². The molecule has 0 spiro atoms. The number of hydrogen-bond donors (Lipinski definition) is 0. The van der Waals surface area contributed by atoms with Crippen LogP contribution >= 0.6 is 0 Å². The van der Waals surface area contributed by atoms with E-state index in [1.807, 2.05) is 0 Å². The first-order valence-corrected chi connectivity index (χ1v) is 4.36. The minimum absolute atomic E-state index is 0.0157. The lowest BCUT2D eigenvalue weighted by molar-refractivity contribution is -0.149. The average Bonchev–Trinajstić information content (AvgIpc) is 2.28. The first-order chi connectivity index (χ1) is 7.20. The van der Waals surface area contributed by atoms with E-state index in [1.54, 1.807) is 6.92 Å². The third kappa shape index (κ3) is 2.61. The lowest BCUT2D eigenvalue weighted by atomic mass is 10.3. The third-order valence-corrected chi connectivity index (χ3v) is 1.62. The number of hydrogen-bond acceptors (Lipinski definition) is 5. The summed E-state index contributed by atoms with van der Waals surface area (Å²) in [5.41, 5.74) is -0.168. The minimum Gasteiger partial charge on any atom is -0.480 e. The van der Waals surface area contributed by atoms with Gasteiger partial charge in [0.05, 0.1) is 13.7 Å². The van der Waals surface area contributed by atoms with E-state index in [0.717, 1.165) is 0 Å². The molecule has 1 aromatic heterocycles. The van der Waals surface area contributed by atoms with Gasteiger partial charge in [0.15, 0.2) is 0 Å². The average molecular weight is 214 g/mol. The molecule has 0 aliphatic rings. The summed E-state index contributed by atoms with van der Waals surface area (Å²) < 4.78 is 22.8. The van der Waals surface area contributed by atoms with E-state index in [9.17, 15) is 9.18 Å². The van der Waals surface area contributed by atoms with Crippen LogP contribution in [0.25, 0.3) is 0 Å². The summed E-state index contributed by atoms with van der Waals surface area (Å²) in [4.78, 5) is 18.5. The van der Waals surface area contributed by atoms with Crippen molar-refractivity contribution < 1.29 is 18.7 Å². The smallest absolute Gasteiger partial charge is 0.347 e. The molecular weight excluding hydrogens is 203 g/mol. The molecule has 5 nitrogen and oxygen atoms in total. The van der Waals surface area contributed by atoms with Crippen molar-refractivity contribution in [1.29, 1.82) is 0 Å². The highest BCUT2D eigenvalue weighted by molar-refractivity contribution is 5.76. The number of ether oxygens (including phenoxy) is 2. The Bertz CT molecular complexity index is 346. The monoisotopic (exact) mass is 214 g/mol. The molecule has 1 heterocycles. The number of carbonyl (C=O) groups is 1. The summed E-state index contributed by atoms with van der Waals surface area (Å²) in [5, 5.41) is 0. The summed E-state index contributed by atoms with van der Waals surface area (Å²) >= 11 is 0. The van der Waals surface area contributed by atoms with Crippen LogP contribution in [0.2, 0.25) is 0 Å². The first-order valence-electron chi connectivity index (χ1n) is 4.36. The van der Waals surface area contributed by atoms with Crippen LogP contribution in [0.5, 0.6) is 5.88 Å². The minimum atomic E-state index is -1.96. The van der Waals surface area contributed by atoms with E-state index >= 15 is 0 Å². The van der Waals surface area contributed by atoms with Crippen LogP contribution in [-0.2, 0) is 9.53 Å². The Morgan fingerprint density at radius 2 is 2.20 bits per heavy atom. The zero-order valence-corrected chi connectivity index (χ0v) is 8.44. The van der Waals surface area contributed by atoms with Crippen LogP contribution in [0, 0.1) is 0 Å². The second-order valence-electron chi connectivity index (χ2n) is 2.57. The normalized spacial score (nSPS) is 11.9. The molecule has 0 aliphatic heterocycles. The molecule has 15 heavy (non-hydrogen) atoms. The molecule has 0 saturated heterocycles. The van der Waals surface area contributed by atoms with Crippen LogP contribution in [0.15, 0.2) is 12.4 Å². The summed E-state index contributed by atoms with van der Waals surface area (Å²) in [6, 6.07) is 0. The van der Waals surface area contributed by atoms with Gasteiger partial charge in [0.2, 0.25) is 12.1 Å². The lowest BCUT2D eigenvalue weighted by Crippen LogP contribution is -2.14. The van der Waals surface area contributed by atoms with Gasteiger partial charge in [-0.05, 0) is 6.92 Å². The molecule has 1 unspecified atom stereocenters. The Hall–Kier alpha value is -1.72. The molecule has 1 atom stereocenters. The van der Waals surface area contributed by atoms with Crippen molar-refractivity contribution in [1.82, 2.24) is 9.97 Å². The predicted octanol–water partition coefficient (Wildman–Crippen LogP) is 1.06. The van der Waals surface area contributed by atoms with E-state index in [2.05, 4.69) is 14.7 Å². The number of nitrogens with zero attached hydrogens (tertiary/aromatic N) is 2. The van der Waals surface area contributed by atoms with Crippen LogP contribution in [0.1, 0.15) is 18.8 Å². The molecule has 0 N–H and O–H groups in total. The van der Waals surface area contributed by atoms with Crippen LogP contribution in [0.3, 0.4) is 0 Å². The molecule has 1 rings (SSSR count). The van der Waals surface area contributed by atoms with Gasteiger partial charge in [-0.3, -0.25) is 4.98 Å². The Morgan fingerprint density at radius 1 is 1.53 bits per heavy atom. The highest BCUT2D eigenvalue weighted by Gasteiger charge is 2.26. The number of carbonyl (C=O) groups excluding carboxylic acids is 1. The van der Waals surface area contributed by atoms with Gasteiger partial charge in [0.25, 0.3) is 0 Å². The van der Waals surface area contributed by atoms with Gasteiger partial charge in [0.1, 0.15) is 5.69 Å². The van der Waals surface area contributed by atoms with Gasteiger partial charge in [-0.1, -0.05) is 0 Å². The Balaban J connectivity index is 2.89. The van der Waals surface area contributed by atoms with Gasteiger partial charge in [0, 0.05) is 12.4 Å². The molecule has 0 aromatic carbocycles. The van der Waals surface area contributed by atoms with Crippen molar-refractivity contribution in [2.45, 2.75) is 13.1 Å². The Kier molecular flexibility index (Phi) is 3.96. The first kappa shape index (κ1) is 11.4. The van der Waals surface area contributed by atoms with Crippen LogP contribution < -0.4 is 4.74 Å². The van der Waals surface area contributed by atoms with Crippen molar-refractivity contribution in [3.05, 3.63) is 18.1 Å². The second kappa shape index (κ2) is 5.23. The van der Waals surface area contributed by atoms with E-state index in [-0.39, 0.29) is 18.2 Å². The SMILES string of the molecule is CCOC(=O)C(F)c1nccnc1OC. The summed E-state index contributed by atoms with van der Waals surface area (Å²) in [5.74, 6) is -1.01. The third-order valence-electron chi connectivity index (χ3n) is 1.62. The number of methoxy groups -OCH3 is 1. The fraction of sp³-hybridized carbons (Fsp3) is 0.444. The van der Waals surface area contributed by atoms with Crippen molar-refractivity contribution >= 4 is 5.97 Å². The van der Waals surface area contributed by atoms with Crippen LogP contribution in [0.4, 0.5) is 4.39 Å². The Labute approximate surface area is 86.2 Å². The molecule has 1 aromatic rings. The lowest BCUT2D eigenvalue weighted by Gasteiger charge is -2.09. The summed E-state index contributed by atoms with van der Waals surface area (Å²) in [6.45, 7) is 1.71. The maximum absolute atomic E-state index is 13.5. The largest absolute Gasteiger partial charge is 0.480 e. The van der Waals surface area contributed by atoms with E-state index in [0.29, 0.717) is 0 Å².